The van der Waals surface area contributed by atoms with Crippen LogP contribution in [0.1, 0.15) is 40.7 Å². The number of hydrogen-bond acceptors (Lipinski definition) is 2. The smallest absolute Gasteiger partial charge is 0.251 e. The summed E-state index contributed by atoms with van der Waals surface area (Å²) in [5, 5.41) is 3.12. The van der Waals surface area contributed by atoms with Crippen molar-refractivity contribution in [3.05, 3.63) is 71.0 Å². The lowest BCUT2D eigenvalue weighted by Crippen LogP contribution is -2.35. The molecule has 4 rings (SSSR count). The molecule has 1 amide bonds. The first-order valence-electron chi connectivity index (χ1n) is 8.70. The van der Waals surface area contributed by atoms with Gasteiger partial charge in [0.05, 0.1) is 6.61 Å². The number of carbonyl (C=O) groups excluding carboxylic acids is 1. The summed E-state index contributed by atoms with van der Waals surface area (Å²) in [5.74, 6) is 0.643. The van der Waals surface area contributed by atoms with Gasteiger partial charge in [0, 0.05) is 18.0 Å². The number of carbonyl (C=O) groups is 1. The third kappa shape index (κ3) is 3.43. The standard InChI is InChI=1S/C21H20FNO2/c22-18-6-1-14(2-7-18)15-3-8-19(9-4-15)23-21(24)17-5-10-20-16(13-17)11-12-25-20/h1-3,5-7,10,13,19H,4,8-9,11-12H2,(H,23,24)/t19-/m0/s1. The van der Waals surface area contributed by atoms with Crippen molar-refractivity contribution in [3.8, 4) is 5.75 Å². The van der Waals surface area contributed by atoms with Gasteiger partial charge in [-0.25, -0.2) is 4.39 Å². The lowest BCUT2D eigenvalue weighted by Gasteiger charge is -2.23. The Labute approximate surface area is 146 Å². The van der Waals surface area contributed by atoms with Crippen LogP contribution in [0, 0.1) is 5.82 Å². The number of rotatable bonds is 3. The van der Waals surface area contributed by atoms with Crippen LogP contribution in [0.4, 0.5) is 4.39 Å². The van der Waals surface area contributed by atoms with Crippen molar-refractivity contribution < 1.29 is 13.9 Å². The van der Waals surface area contributed by atoms with Gasteiger partial charge in [-0.2, -0.15) is 0 Å². The zero-order valence-corrected chi connectivity index (χ0v) is 13.9. The van der Waals surface area contributed by atoms with E-state index in [2.05, 4.69) is 11.4 Å². The molecule has 4 heteroatoms. The van der Waals surface area contributed by atoms with Gasteiger partial charge in [0.25, 0.3) is 5.91 Å². The van der Waals surface area contributed by atoms with E-state index in [1.807, 2.05) is 30.3 Å². The van der Waals surface area contributed by atoms with Crippen molar-refractivity contribution in [2.75, 3.05) is 6.61 Å². The number of fused-ring (bicyclic) bond motifs is 1. The maximum atomic E-state index is 13.0. The van der Waals surface area contributed by atoms with Crippen LogP contribution in [-0.2, 0) is 6.42 Å². The molecule has 0 aromatic heterocycles. The molecule has 2 aromatic carbocycles. The lowest BCUT2D eigenvalue weighted by molar-refractivity contribution is 0.0935. The molecule has 0 bridgehead atoms. The van der Waals surface area contributed by atoms with Crippen LogP contribution in [0.5, 0.6) is 5.75 Å². The minimum absolute atomic E-state index is 0.0293. The summed E-state index contributed by atoms with van der Waals surface area (Å²) >= 11 is 0. The molecule has 1 aliphatic heterocycles. The molecular weight excluding hydrogens is 317 g/mol. The predicted molar refractivity (Wildman–Crippen MR) is 95.1 cm³/mol. The molecule has 128 valence electrons. The van der Waals surface area contributed by atoms with Crippen molar-refractivity contribution in [3.63, 3.8) is 0 Å². The second-order valence-electron chi connectivity index (χ2n) is 6.60. The van der Waals surface area contributed by atoms with Gasteiger partial charge in [0.15, 0.2) is 0 Å². The number of benzene rings is 2. The third-order valence-corrected chi connectivity index (χ3v) is 4.91. The summed E-state index contributed by atoms with van der Waals surface area (Å²) in [7, 11) is 0. The number of allylic oxidation sites excluding steroid dienone is 1. The Morgan fingerprint density at radius 1 is 1.12 bits per heavy atom. The van der Waals surface area contributed by atoms with Crippen molar-refractivity contribution in [1.29, 1.82) is 0 Å². The highest BCUT2D eigenvalue weighted by molar-refractivity contribution is 5.95. The molecule has 3 nitrogen and oxygen atoms in total. The van der Waals surface area contributed by atoms with E-state index in [-0.39, 0.29) is 17.8 Å². The SMILES string of the molecule is O=C(N[C@H]1CC=C(c2ccc(F)cc2)CC1)c1ccc2c(c1)CCO2. The van der Waals surface area contributed by atoms with E-state index >= 15 is 0 Å². The number of halogens is 1. The van der Waals surface area contributed by atoms with E-state index < -0.39 is 0 Å². The highest BCUT2D eigenvalue weighted by Gasteiger charge is 2.20. The molecule has 1 aliphatic carbocycles. The van der Waals surface area contributed by atoms with E-state index in [1.165, 1.54) is 17.7 Å². The van der Waals surface area contributed by atoms with Crippen LogP contribution in [0.2, 0.25) is 0 Å². The van der Waals surface area contributed by atoms with Crippen molar-refractivity contribution in [1.82, 2.24) is 5.32 Å². The normalized spacial score (nSPS) is 18.9. The van der Waals surface area contributed by atoms with Crippen LogP contribution < -0.4 is 10.1 Å². The summed E-state index contributed by atoms with van der Waals surface area (Å²) in [6.45, 7) is 0.694. The fraction of sp³-hybridized carbons (Fsp3) is 0.286. The van der Waals surface area contributed by atoms with Crippen LogP contribution >= 0.6 is 0 Å². The Morgan fingerprint density at radius 2 is 1.96 bits per heavy atom. The van der Waals surface area contributed by atoms with Gasteiger partial charge < -0.3 is 10.1 Å². The Hall–Kier alpha value is -2.62. The van der Waals surface area contributed by atoms with E-state index in [9.17, 15) is 9.18 Å². The van der Waals surface area contributed by atoms with Gasteiger partial charge in [-0.15, -0.1) is 0 Å². The zero-order valence-electron chi connectivity index (χ0n) is 13.9. The number of nitrogens with one attached hydrogen (secondary N) is 1. The largest absolute Gasteiger partial charge is 0.493 e. The molecule has 1 heterocycles. The fourth-order valence-corrected chi connectivity index (χ4v) is 3.49. The molecule has 0 saturated heterocycles. The summed E-state index contributed by atoms with van der Waals surface area (Å²) in [6.07, 6.45) is 5.59. The van der Waals surface area contributed by atoms with Crippen LogP contribution in [0.15, 0.2) is 48.5 Å². The average molecular weight is 337 g/mol. The monoisotopic (exact) mass is 337 g/mol. The molecule has 0 radical (unpaired) electrons. The Bertz CT molecular complexity index is 826. The molecule has 2 aromatic rings. The fourth-order valence-electron chi connectivity index (χ4n) is 3.49. The number of hydrogen-bond donors (Lipinski definition) is 1. The summed E-state index contributed by atoms with van der Waals surface area (Å²) in [4.78, 5) is 12.5. The van der Waals surface area contributed by atoms with Gasteiger partial charge in [-0.1, -0.05) is 18.2 Å². The summed E-state index contributed by atoms with van der Waals surface area (Å²) in [5.41, 5.74) is 4.08. The molecule has 1 atom stereocenters. The maximum Gasteiger partial charge on any atom is 0.251 e. The van der Waals surface area contributed by atoms with Gasteiger partial charge in [0.1, 0.15) is 11.6 Å². The summed E-state index contributed by atoms with van der Waals surface area (Å²) in [6, 6.07) is 12.4. The minimum Gasteiger partial charge on any atom is -0.493 e. The van der Waals surface area contributed by atoms with Crippen molar-refractivity contribution in [2.45, 2.75) is 31.7 Å². The van der Waals surface area contributed by atoms with Gasteiger partial charge in [-0.3, -0.25) is 4.79 Å². The Kier molecular flexibility index (Phi) is 4.26. The van der Waals surface area contributed by atoms with Crippen molar-refractivity contribution >= 4 is 11.5 Å². The number of ether oxygens (including phenoxy) is 1. The van der Waals surface area contributed by atoms with E-state index in [0.717, 1.165) is 42.6 Å². The molecule has 25 heavy (non-hydrogen) atoms. The Morgan fingerprint density at radius 3 is 2.72 bits per heavy atom. The second kappa shape index (κ2) is 6.71. The molecule has 0 fully saturated rings. The topological polar surface area (TPSA) is 38.3 Å². The first-order chi connectivity index (χ1) is 12.2. The highest BCUT2D eigenvalue weighted by Crippen LogP contribution is 2.28. The van der Waals surface area contributed by atoms with E-state index in [0.29, 0.717) is 12.2 Å². The van der Waals surface area contributed by atoms with E-state index in [1.54, 1.807) is 0 Å². The average Bonchev–Trinajstić information content (AvgIpc) is 3.11. The first kappa shape index (κ1) is 15.9. The molecule has 1 N–H and O–H groups in total. The minimum atomic E-state index is -0.218. The predicted octanol–water partition coefficient (Wildman–Crippen LogP) is 4.13. The number of amides is 1. The molecular formula is C21H20FNO2. The lowest BCUT2D eigenvalue weighted by atomic mass is 9.90. The van der Waals surface area contributed by atoms with Crippen LogP contribution in [0.3, 0.4) is 0 Å². The van der Waals surface area contributed by atoms with Crippen molar-refractivity contribution in [2.24, 2.45) is 0 Å². The summed E-state index contributed by atoms with van der Waals surface area (Å²) < 4.78 is 18.5. The Balaban J connectivity index is 1.39. The van der Waals surface area contributed by atoms with Crippen LogP contribution in [0.25, 0.3) is 5.57 Å². The maximum absolute atomic E-state index is 13.0. The zero-order chi connectivity index (χ0) is 17.2. The van der Waals surface area contributed by atoms with Crippen LogP contribution in [-0.4, -0.2) is 18.6 Å². The van der Waals surface area contributed by atoms with Gasteiger partial charge in [-0.05, 0) is 66.3 Å². The van der Waals surface area contributed by atoms with E-state index in [4.69, 9.17) is 4.74 Å². The third-order valence-electron chi connectivity index (χ3n) is 4.91. The first-order valence-corrected chi connectivity index (χ1v) is 8.70. The quantitative estimate of drug-likeness (QED) is 0.915. The van der Waals surface area contributed by atoms with Gasteiger partial charge in [0.2, 0.25) is 0 Å². The second-order valence-corrected chi connectivity index (χ2v) is 6.60. The van der Waals surface area contributed by atoms with Gasteiger partial charge >= 0.3 is 0 Å². The molecule has 0 spiro atoms. The molecule has 0 saturated carbocycles. The molecule has 2 aliphatic rings. The highest BCUT2D eigenvalue weighted by atomic mass is 19.1. The molecule has 0 unspecified atom stereocenters.